The van der Waals surface area contributed by atoms with Gasteiger partial charge in [-0.3, -0.25) is 4.99 Å². The minimum absolute atomic E-state index is 0.245. The van der Waals surface area contributed by atoms with Crippen LogP contribution in [0.1, 0.15) is 26.3 Å². The first-order chi connectivity index (χ1) is 6.92. The van der Waals surface area contributed by atoms with E-state index in [1.807, 2.05) is 20.8 Å². The summed E-state index contributed by atoms with van der Waals surface area (Å²) < 4.78 is 0. The molecule has 0 fully saturated rings. The summed E-state index contributed by atoms with van der Waals surface area (Å²) in [6, 6.07) is 9.22. The molecule has 0 atom stereocenters. The maximum Gasteiger partial charge on any atom is 0.142 e. The van der Waals surface area contributed by atoms with Gasteiger partial charge in [-0.05, 0) is 32.9 Å². The van der Waals surface area contributed by atoms with E-state index in [1.165, 1.54) is 0 Å². The first-order valence-corrected chi connectivity index (χ1v) is 5.06. The van der Waals surface area contributed by atoms with Gasteiger partial charge in [0.15, 0.2) is 0 Å². The molecule has 0 N–H and O–H groups in total. The highest BCUT2D eigenvalue weighted by Gasteiger charge is 2.11. The van der Waals surface area contributed by atoms with Gasteiger partial charge in [0, 0.05) is 10.6 Å². The van der Waals surface area contributed by atoms with E-state index in [0.717, 1.165) is 5.56 Å². The quantitative estimate of drug-likeness (QED) is 0.668. The number of hydrogen-bond acceptors (Lipinski definition) is 2. The Hall–Kier alpha value is -1.33. The Labute approximate surface area is 95.2 Å². The van der Waals surface area contributed by atoms with Gasteiger partial charge < -0.3 is 0 Å². The predicted octanol–water partition coefficient (Wildman–Crippen LogP) is 3.45. The van der Waals surface area contributed by atoms with Gasteiger partial charge in [-0.2, -0.15) is 5.26 Å². The highest BCUT2D eigenvalue weighted by atomic mass is 35.5. The number of rotatable bonds is 1. The molecule has 15 heavy (non-hydrogen) atoms. The molecule has 2 nitrogen and oxygen atoms in total. The SMILES string of the molecule is CC(C)(C)N=C(C#N)c1ccc(Cl)cc1. The highest BCUT2D eigenvalue weighted by Crippen LogP contribution is 2.13. The Kier molecular flexibility index (Phi) is 3.49. The molecular formula is C12H13ClN2. The molecule has 0 aromatic heterocycles. The van der Waals surface area contributed by atoms with Gasteiger partial charge in [0.25, 0.3) is 0 Å². The Morgan fingerprint density at radius 1 is 1.27 bits per heavy atom. The van der Waals surface area contributed by atoms with Crippen molar-refractivity contribution in [2.75, 3.05) is 0 Å². The molecule has 1 rings (SSSR count). The second-order valence-electron chi connectivity index (χ2n) is 4.25. The molecule has 0 spiro atoms. The average Bonchev–Trinajstić information content (AvgIpc) is 2.14. The van der Waals surface area contributed by atoms with Crippen molar-refractivity contribution in [2.45, 2.75) is 26.3 Å². The van der Waals surface area contributed by atoms with Crippen LogP contribution >= 0.6 is 11.6 Å². The van der Waals surface area contributed by atoms with Crippen LogP contribution in [-0.4, -0.2) is 11.3 Å². The van der Waals surface area contributed by atoms with Crippen LogP contribution in [0.5, 0.6) is 0 Å². The number of nitrogens with zero attached hydrogens (tertiary/aromatic N) is 2. The maximum atomic E-state index is 9.00. The molecule has 0 bridgehead atoms. The van der Waals surface area contributed by atoms with E-state index in [4.69, 9.17) is 16.9 Å². The normalized spacial score (nSPS) is 12.3. The Morgan fingerprint density at radius 3 is 2.20 bits per heavy atom. The van der Waals surface area contributed by atoms with Crippen molar-refractivity contribution in [3.63, 3.8) is 0 Å². The lowest BCUT2D eigenvalue weighted by Crippen LogP contribution is -2.14. The Bertz CT molecular complexity index is 405. The van der Waals surface area contributed by atoms with Crippen molar-refractivity contribution in [1.82, 2.24) is 0 Å². The zero-order valence-electron chi connectivity index (χ0n) is 9.08. The fourth-order valence-corrected chi connectivity index (χ4v) is 1.22. The largest absolute Gasteiger partial charge is 0.268 e. The monoisotopic (exact) mass is 220 g/mol. The first-order valence-electron chi connectivity index (χ1n) is 4.68. The fraction of sp³-hybridized carbons (Fsp3) is 0.333. The average molecular weight is 221 g/mol. The van der Waals surface area contributed by atoms with E-state index in [9.17, 15) is 0 Å². The summed E-state index contributed by atoms with van der Waals surface area (Å²) in [6.45, 7) is 5.88. The van der Waals surface area contributed by atoms with Crippen LogP contribution in [0.2, 0.25) is 5.02 Å². The van der Waals surface area contributed by atoms with Crippen molar-refractivity contribution < 1.29 is 0 Å². The summed E-state index contributed by atoms with van der Waals surface area (Å²) in [5.41, 5.74) is 1.00. The predicted molar refractivity (Wildman–Crippen MR) is 63.4 cm³/mol. The zero-order valence-corrected chi connectivity index (χ0v) is 9.84. The van der Waals surface area contributed by atoms with E-state index in [-0.39, 0.29) is 5.54 Å². The van der Waals surface area contributed by atoms with Gasteiger partial charge in [0.2, 0.25) is 0 Å². The molecule has 0 aliphatic carbocycles. The molecule has 0 saturated heterocycles. The topological polar surface area (TPSA) is 36.1 Å². The molecule has 1 aromatic carbocycles. The molecule has 0 aliphatic heterocycles. The highest BCUT2D eigenvalue weighted by molar-refractivity contribution is 6.30. The van der Waals surface area contributed by atoms with Gasteiger partial charge in [-0.25, -0.2) is 0 Å². The van der Waals surface area contributed by atoms with Crippen LogP contribution in [0.15, 0.2) is 29.3 Å². The molecule has 0 aliphatic rings. The summed E-state index contributed by atoms with van der Waals surface area (Å²) in [5, 5.41) is 9.66. The van der Waals surface area contributed by atoms with Crippen molar-refractivity contribution in [3.8, 4) is 6.07 Å². The number of halogens is 1. The minimum Gasteiger partial charge on any atom is -0.268 e. The number of hydrogen-bond donors (Lipinski definition) is 0. The zero-order chi connectivity index (χ0) is 11.5. The minimum atomic E-state index is -0.245. The Balaban J connectivity index is 3.10. The number of nitriles is 1. The van der Waals surface area contributed by atoms with E-state index in [1.54, 1.807) is 24.3 Å². The van der Waals surface area contributed by atoms with E-state index < -0.39 is 0 Å². The standard InChI is InChI=1S/C12H13ClN2/c1-12(2,3)15-11(8-14)9-4-6-10(13)7-5-9/h4-7H,1-3H3. The second-order valence-corrected chi connectivity index (χ2v) is 4.69. The van der Waals surface area contributed by atoms with Crippen LogP contribution in [0.4, 0.5) is 0 Å². The molecule has 3 heteroatoms. The van der Waals surface area contributed by atoms with E-state index in [0.29, 0.717) is 10.7 Å². The van der Waals surface area contributed by atoms with Crippen LogP contribution in [-0.2, 0) is 0 Å². The molecule has 0 saturated carbocycles. The van der Waals surface area contributed by atoms with Crippen LogP contribution in [0, 0.1) is 11.3 Å². The van der Waals surface area contributed by atoms with Gasteiger partial charge in [0.1, 0.15) is 11.8 Å². The summed E-state index contributed by atoms with van der Waals surface area (Å²) in [4.78, 5) is 4.34. The van der Waals surface area contributed by atoms with Crippen molar-refractivity contribution in [1.29, 1.82) is 5.26 Å². The molecule has 0 heterocycles. The smallest absolute Gasteiger partial charge is 0.142 e. The van der Waals surface area contributed by atoms with Crippen LogP contribution in [0.3, 0.4) is 0 Å². The summed E-state index contributed by atoms with van der Waals surface area (Å²) in [7, 11) is 0. The van der Waals surface area contributed by atoms with Crippen molar-refractivity contribution in [3.05, 3.63) is 34.9 Å². The first kappa shape index (κ1) is 11.7. The summed E-state index contributed by atoms with van der Waals surface area (Å²) >= 11 is 5.77. The molecular weight excluding hydrogens is 208 g/mol. The molecule has 78 valence electrons. The lowest BCUT2D eigenvalue weighted by atomic mass is 10.1. The third kappa shape index (κ3) is 3.73. The maximum absolute atomic E-state index is 9.00. The molecule has 1 aromatic rings. The Morgan fingerprint density at radius 2 is 1.80 bits per heavy atom. The second kappa shape index (κ2) is 4.46. The lowest BCUT2D eigenvalue weighted by molar-refractivity contribution is 0.585. The van der Waals surface area contributed by atoms with E-state index in [2.05, 4.69) is 11.1 Å². The molecule has 0 radical (unpaired) electrons. The fourth-order valence-electron chi connectivity index (χ4n) is 1.10. The van der Waals surface area contributed by atoms with Gasteiger partial charge in [-0.1, -0.05) is 23.7 Å². The number of aliphatic imine (C=N–C) groups is 1. The van der Waals surface area contributed by atoms with Gasteiger partial charge in [0.05, 0.1) is 5.54 Å². The third-order valence-corrected chi connectivity index (χ3v) is 1.92. The van der Waals surface area contributed by atoms with Gasteiger partial charge >= 0.3 is 0 Å². The molecule has 0 unspecified atom stereocenters. The van der Waals surface area contributed by atoms with Crippen LogP contribution < -0.4 is 0 Å². The summed E-state index contributed by atoms with van der Waals surface area (Å²) in [5.74, 6) is 0. The third-order valence-electron chi connectivity index (χ3n) is 1.67. The van der Waals surface area contributed by atoms with Crippen LogP contribution in [0.25, 0.3) is 0 Å². The summed E-state index contributed by atoms with van der Waals surface area (Å²) in [6.07, 6.45) is 0. The van der Waals surface area contributed by atoms with E-state index >= 15 is 0 Å². The molecule has 0 amide bonds. The van der Waals surface area contributed by atoms with Crippen molar-refractivity contribution in [2.24, 2.45) is 4.99 Å². The lowest BCUT2D eigenvalue weighted by Gasteiger charge is -2.12. The van der Waals surface area contributed by atoms with Crippen molar-refractivity contribution >= 4 is 17.3 Å². The van der Waals surface area contributed by atoms with Gasteiger partial charge in [-0.15, -0.1) is 0 Å². The number of benzene rings is 1.